The first-order chi connectivity index (χ1) is 8.53. The van der Waals surface area contributed by atoms with Crippen molar-refractivity contribution in [2.45, 2.75) is 45.6 Å². The number of hydrogen-bond donors (Lipinski definition) is 1. The van der Waals surface area contributed by atoms with Crippen LogP contribution in [0.2, 0.25) is 0 Å². The van der Waals surface area contributed by atoms with E-state index in [2.05, 4.69) is 16.9 Å². The molecule has 0 amide bonds. The Morgan fingerprint density at radius 2 is 1.89 bits per heavy atom. The molecule has 1 rings (SSSR count). The molecule has 0 saturated heterocycles. The van der Waals surface area contributed by atoms with Gasteiger partial charge in [-0.15, -0.1) is 0 Å². The maximum atomic E-state index is 11.7. The van der Waals surface area contributed by atoms with Crippen LogP contribution in [-0.4, -0.2) is 20.2 Å². The largest absolute Gasteiger partial charge is 0.212 e. The zero-order valence-corrected chi connectivity index (χ0v) is 12.0. The minimum absolute atomic E-state index is 0.00735. The SMILES string of the molecule is CCCCS(=O)(=O)NC(C)CCc1ccccc1. The smallest absolute Gasteiger partial charge is 0.211 e. The molecule has 4 heteroatoms. The summed E-state index contributed by atoms with van der Waals surface area (Å²) >= 11 is 0. The standard InChI is InChI=1S/C14H23NO2S/c1-3-4-12-18(16,17)15-13(2)10-11-14-8-6-5-7-9-14/h5-9,13,15H,3-4,10-12H2,1-2H3. The minimum atomic E-state index is -3.10. The van der Waals surface area contributed by atoms with Gasteiger partial charge >= 0.3 is 0 Å². The average Bonchev–Trinajstić information content (AvgIpc) is 2.35. The van der Waals surface area contributed by atoms with Crippen LogP contribution in [0.15, 0.2) is 30.3 Å². The Balaban J connectivity index is 2.35. The molecule has 0 fully saturated rings. The summed E-state index contributed by atoms with van der Waals surface area (Å²) in [5.74, 6) is 0.235. The molecule has 0 saturated carbocycles. The lowest BCUT2D eigenvalue weighted by Crippen LogP contribution is -2.34. The molecule has 1 aromatic rings. The van der Waals surface area contributed by atoms with Crippen LogP contribution in [0.25, 0.3) is 0 Å². The second-order valence-electron chi connectivity index (χ2n) is 4.72. The summed E-state index contributed by atoms with van der Waals surface area (Å²) in [6.07, 6.45) is 3.35. The quantitative estimate of drug-likeness (QED) is 0.788. The summed E-state index contributed by atoms with van der Waals surface area (Å²) in [6.45, 7) is 3.92. The van der Waals surface area contributed by atoms with Gasteiger partial charge in [0.25, 0.3) is 0 Å². The number of hydrogen-bond acceptors (Lipinski definition) is 2. The molecule has 1 atom stereocenters. The number of sulfonamides is 1. The lowest BCUT2D eigenvalue weighted by molar-refractivity contribution is 0.544. The van der Waals surface area contributed by atoms with Gasteiger partial charge < -0.3 is 0 Å². The summed E-state index contributed by atoms with van der Waals surface area (Å²) in [5.41, 5.74) is 1.25. The average molecular weight is 269 g/mol. The second kappa shape index (κ2) is 7.54. The molecule has 0 heterocycles. The molecule has 18 heavy (non-hydrogen) atoms. The number of rotatable bonds is 8. The zero-order valence-electron chi connectivity index (χ0n) is 11.2. The number of aryl methyl sites for hydroxylation is 1. The van der Waals surface area contributed by atoms with Gasteiger partial charge in [0.05, 0.1) is 5.75 Å². The third-order valence-corrected chi connectivity index (χ3v) is 4.44. The second-order valence-corrected chi connectivity index (χ2v) is 6.59. The lowest BCUT2D eigenvalue weighted by Gasteiger charge is -2.14. The Morgan fingerprint density at radius 3 is 2.50 bits per heavy atom. The molecule has 0 bridgehead atoms. The van der Waals surface area contributed by atoms with Crippen molar-refractivity contribution in [2.75, 3.05) is 5.75 Å². The van der Waals surface area contributed by atoms with E-state index in [1.54, 1.807) is 0 Å². The first-order valence-corrected chi connectivity index (χ1v) is 8.22. The van der Waals surface area contributed by atoms with Crippen LogP contribution < -0.4 is 4.72 Å². The molecule has 0 spiro atoms. The van der Waals surface area contributed by atoms with E-state index in [-0.39, 0.29) is 11.8 Å². The van der Waals surface area contributed by atoms with Crippen LogP contribution in [-0.2, 0) is 16.4 Å². The monoisotopic (exact) mass is 269 g/mol. The molecule has 1 N–H and O–H groups in total. The topological polar surface area (TPSA) is 46.2 Å². The first kappa shape index (κ1) is 15.2. The first-order valence-electron chi connectivity index (χ1n) is 6.57. The van der Waals surface area contributed by atoms with Gasteiger partial charge in [-0.2, -0.15) is 0 Å². The Bertz CT molecular complexity index is 428. The van der Waals surface area contributed by atoms with E-state index in [9.17, 15) is 8.42 Å². The van der Waals surface area contributed by atoms with E-state index in [0.717, 1.165) is 25.7 Å². The van der Waals surface area contributed by atoms with Crippen molar-refractivity contribution in [1.82, 2.24) is 4.72 Å². The van der Waals surface area contributed by atoms with Crippen molar-refractivity contribution in [3.05, 3.63) is 35.9 Å². The van der Waals surface area contributed by atoms with E-state index < -0.39 is 10.0 Å². The van der Waals surface area contributed by atoms with Gasteiger partial charge in [0.15, 0.2) is 0 Å². The molecule has 1 unspecified atom stereocenters. The molecule has 0 aliphatic rings. The summed E-state index contributed by atoms with van der Waals surface area (Å²) in [4.78, 5) is 0. The summed E-state index contributed by atoms with van der Waals surface area (Å²) in [5, 5.41) is 0. The normalized spacial score (nSPS) is 13.4. The molecule has 0 aliphatic carbocycles. The van der Waals surface area contributed by atoms with E-state index in [1.807, 2.05) is 32.0 Å². The summed E-state index contributed by atoms with van der Waals surface area (Å²) in [6, 6.07) is 10.1. The molecule has 0 aromatic heterocycles. The van der Waals surface area contributed by atoms with Gasteiger partial charge in [-0.05, 0) is 31.7 Å². The molecule has 1 aromatic carbocycles. The van der Waals surface area contributed by atoms with Crippen LogP contribution in [0.1, 0.15) is 38.7 Å². The van der Waals surface area contributed by atoms with Gasteiger partial charge in [0.2, 0.25) is 10.0 Å². The van der Waals surface area contributed by atoms with Crippen LogP contribution in [0.3, 0.4) is 0 Å². The van der Waals surface area contributed by atoms with Crippen LogP contribution in [0, 0.1) is 0 Å². The highest BCUT2D eigenvalue weighted by atomic mass is 32.2. The Morgan fingerprint density at radius 1 is 1.22 bits per heavy atom. The predicted molar refractivity (Wildman–Crippen MR) is 76.1 cm³/mol. The molecule has 0 aliphatic heterocycles. The fourth-order valence-electron chi connectivity index (χ4n) is 1.79. The van der Waals surface area contributed by atoms with Gasteiger partial charge in [0, 0.05) is 6.04 Å². The molecular weight excluding hydrogens is 246 g/mol. The van der Waals surface area contributed by atoms with Gasteiger partial charge in [0.1, 0.15) is 0 Å². The maximum absolute atomic E-state index is 11.7. The van der Waals surface area contributed by atoms with Crippen molar-refractivity contribution in [3.63, 3.8) is 0 Å². The van der Waals surface area contributed by atoms with Crippen molar-refractivity contribution < 1.29 is 8.42 Å². The fourth-order valence-corrected chi connectivity index (χ4v) is 3.30. The fraction of sp³-hybridized carbons (Fsp3) is 0.571. The molecular formula is C14H23NO2S. The van der Waals surface area contributed by atoms with Gasteiger partial charge in [-0.3, -0.25) is 0 Å². The zero-order chi connectivity index (χ0) is 13.4. The van der Waals surface area contributed by atoms with Crippen LogP contribution >= 0.6 is 0 Å². The highest BCUT2D eigenvalue weighted by Gasteiger charge is 2.13. The lowest BCUT2D eigenvalue weighted by atomic mass is 10.1. The highest BCUT2D eigenvalue weighted by molar-refractivity contribution is 7.89. The van der Waals surface area contributed by atoms with E-state index in [1.165, 1.54) is 5.56 Å². The summed E-state index contributed by atoms with van der Waals surface area (Å²) in [7, 11) is -3.10. The highest BCUT2D eigenvalue weighted by Crippen LogP contribution is 2.06. The Hall–Kier alpha value is -0.870. The van der Waals surface area contributed by atoms with Crippen molar-refractivity contribution in [1.29, 1.82) is 0 Å². The molecule has 102 valence electrons. The van der Waals surface area contributed by atoms with Crippen molar-refractivity contribution in [3.8, 4) is 0 Å². The van der Waals surface area contributed by atoms with Gasteiger partial charge in [-0.25, -0.2) is 13.1 Å². The Kier molecular flexibility index (Phi) is 6.36. The van der Waals surface area contributed by atoms with E-state index in [0.29, 0.717) is 0 Å². The minimum Gasteiger partial charge on any atom is -0.212 e. The number of nitrogens with one attached hydrogen (secondary N) is 1. The maximum Gasteiger partial charge on any atom is 0.211 e. The molecule has 0 radical (unpaired) electrons. The van der Waals surface area contributed by atoms with E-state index >= 15 is 0 Å². The Labute approximate surface area is 111 Å². The number of unbranched alkanes of at least 4 members (excludes halogenated alkanes) is 1. The number of benzene rings is 1. The third kappa shape index (κ3) is 6.17. The van der Waals surface area contributed by atoms with Crippen LogP contribution in [0.4, 0.5) is 0 Å². The van der Waals surface area contributed by atoms with Gasteiger partial charge in [-0.1, -0.05) is 43.7 Å². The van der Waals surface area contributed by atoms with E-state index in [4.69, 9.17) is 0 Å². The predicted octanol–water partition coefficient (Wildman–Crippen LogP) is 2.73. The third-order valence-electron chi connectivity index (χ3n) is 2.86. The van der Waals surface area contributed by atoms with Crippen LogP contribution in [0.5, 0.6) is 0 Å². The summed E-state index contributed by atoms with van der Waals surface area (Å²) < 4.78 is 26.1. The molecule has 3 nitrogen and oxygen atoms in total. The van der Waals surface area contributed by atoms with Crippen molar-refractivity contribution in [2.24, 2.45) is 0 Å². The van der Waals surface area contributed by atoms with Crippen molar-refractivity contribution >= 4 is 10.0 Å².